The monoisotopic (exact) mass is 159 g/mol. The zero-order valence-corrected chi connectivity index (χ0v) is 6.52. The molecule has 0 bridgehead atoms. The zero-order valence-electron chi connectivity index (χ0n) is 5.76. The first-order chi connectivity index (χ1) is 4.74. The lowest BCUT2D eigenvalue weighted by molar-refractivity contribution is 0.412. The molecule has 1 heterocycles. The van der Waals surface area contributed by atoms with Gasteiger partial charge in [0.1, 0.15) is 5.76 Å². The molecule has 3 heteroatoms. The Morgan fingerprint density at radius 3 is 3.00 bits per heavy atom. The van der Waals surface area contributed by atoms with Crippen molar-refractivity contribution < 1.29 is 5.11 Å². The van der Waals surface area contributed by atoms with E-state index in [4.69, 9.17) is 16.7 Å². The summed E-state index contributed by atoms with van der Waals surface area (Å²) in [4.78, 5) is 0. The summed E-state index contributed by atoms with van der Waals surface area (Å²) in [6.07, 6.45) is 3.55. The van der Waals surface area contributed by atoms with Crippen molar-refractivity contribution in [2.75, 3.05) is 5.88 Å². The molecule has 56 valence electrons. The van der Waals surface area contributed by atoms with E-state index in [1.165, 1.54) is 0 Å². The summed E-state index contributed by atoms with van der Waals surface area (Å²) in [6.45, 7) is 2.00. The average molecular weight is 160 g/mol. The van der Waals surface area contributed by atoms with Crippen LogP contribution in [-0.2, 0) is 0 Å². The summed E-state index contributed by atoms with van der Waals surface area (Å²) in [5, 5.41) is 12.2. The highest BCUT2D eigenvalue weighted by Crippen LogP contribution is 2.09. The molecule has 0 aromatic carbocycles. The van der Waals surface area contributed by atoms with Gasteiger partial charge in [-0.15, -0.1) is 11.6 Å². The molecule has 2 N–H and O–H groups in total. The van der Waals surface area contributed by atoms with Crippen LogP contribution in [0.1, 0.15) is 6.92 Å². The van der Waals surface area contributed by atoms with Gasteiger partial charge in [-0.2, -0.15) is 0 Å². The van der Waals surface area contributed by atoms with Crippen molar-refractivity contribution in [1.29, 1.82) is 0 Å². The number of hydrogen-bond acceptors (Lipinski definition) is 2. The van der Waals surface area contributed by atoms with Crippen molar-refractivity contribution in [1.82, 2.24) is 5.32 Å². The predicted molar refractivity (Wildman–Crippen MR) is 42.1 cm³/mol. The van der Waals surface area contributed by atoms with Crippen LogP contribution >= 0.6 is 11.6 Å². The van der Waals surface area contributed by atoms with E-state index in [1.807, 2.05) is 13.0 Å². The van der Waals surface area contributed by atoms with Gasteiger partial charge in [-0.1, -0.05) is 6.08 Å². The molecule has 0 radical (unpaired) electrons. The standard InChI is InChI=1S/C7H10ClNO/c1-5-2-3-7(10)6(4-8)9-5/h2-3,5,9-10H,4H2,1H3. The lowest BCUT2D eigenvalue weighted by Gasteiger charge is -2.17. The first-order valence-corrected chi connectivity index (χ1v) is 3.70. The second kappa shape index (κ2) is 2.97. The number of rotatable bonds is 1. The molecule has 0 aliphatic carbocycles. The van der Waals surface area contributed by atoms with Gasteiger partial charge in [0.15, 0.2) is 0 Å². The van der Waals surface area contributed by atoms with Gasteiger partial charge < -0.3 is 10.4 Å². The van der Waals surface area contributed by atoms with E-state index in [0.29, 0.717) is 11.6 Å². The van der Waals surface area contributed by atoms with Gasteiger partial charge in [0.05, 0.1) is 11.6 Å². The second-order valence-electron chi connectivity index (χ2n) is 2.29. The van der Waals surface area contributed by atoms with Crippen LogP contribution in [0, 0.1) is 0 Å². The molecule has 1 rings (SSSR count). The Bertz CT molecular complexity index is 186. The van der Waals surface area contributed by atoms with Gasteiger partial charge in [0.2, 0.25) is 0 Å². The minimum Gasteiger partial charge on any atom is -0.506 e. The maximum Gasteiger partial charge on any atom is 0.135 e. The molecule has 1 aliphatic heterocycles. The molecule has 1 aliphatic rings. The van der Waals surface area contributed by atoms with Crippen molar-refractivity contribution in [3.8, 4) is 0 Å². The summed E-state index contributed by atoms with van der Waals surface area (Å²) in [5.41, 5.74) is 0.705. The minimum absolute atomic E-state index is 0.244. The quantitative estimate of drug-likeness (QED) is 0.569. The fourth-order valence-corrected chi connectivity index (χ4v) is 1.05. The third-order valence-corrected chi connectivity index (χ3v) is 1.65. The molecule has 0 aromatic rings. The Labute approximate surface area is 65.2 Å². The first-order valence-electron chi connectivity index (χ1n) is 3.17. The SMILES string of the molecule is CC1C=CC(O)=C(CCl)N1. The molecule has 1 unspecified atom stereocenters. The first kappa shape index (κ1) is 7.48. The second-order valence-corrected chi connectivity index (χ2v) is 2.56. The number of alkyl halides is 1. The summed E-state index contributed by atoms with van der Waals surface area (Å²) >= 11 is 5.53. The van der Waals surface area contributed by atoms with Crippen LogP contribution in [0.3, 0.4) is 0 Å². The van der Waals surface area contributed by atoms with Gasteiger partial charge in [0.25, 0.3) is 0 Å². The van der Waals surface area contributed by atoms with Crippen LogP contribution in [0.2, 0.25) is 0 Å². The van der Waals surface area contributed by atoms with Gasteiger partial charge in [-0.3, -0.25) is 0 Å². The number of aliphatic hydroxyl groups is 1. The predicted octanol–water partition coefficient (Wildman–Crippen LogP) is 1.54. The third-order valence-electron chi connectivity index (χ3n) is 1.39. The maximum atomic E-state index is 9.13. The number of dihydropyridines is 1. The fraction of sp³-hybridized carbons (Fsp3) is 0.429. The molecule has 0 saturated carbocycles. The fourth-order valence-electron chi connectivity index (χ4n) is 0.840. The molecule has 10 heavy (non-hydrogen) atoms. The summed E-state index contributed by atoms with van der Waals surface area (Å²) < 4.78 is 0. The lowest BCUT2D eigenvalue weighted by Crippen LogP contribution is -2.28. The molecule has 0 aromatic heterocycles. The molecule has 0 amide bonds. The number of halogens is 1. The Morgan fingerprint density at radius 2 is 2.50 bits per heavy atom. The van der Waals surface area contributed by atoms with E-state index in [2.05, 4.69) is 5.32 Å². The van der Waals surface area contributed by atoms with E-state index in [-0.39, 0.29) is 11.8 Å². The average Bonchev–Trinajstić information content (AvgIpc) is 1.94. The van der Waals surface area contributed by atoms with Crippen LogP contribution in [0.5, 0.6) is 0 Å². The van der Waals surface area contributed by atoms with Crippen molar-refractivity contribution in [2.45, 2.75) is 13.0 Å². The molecule has 0 saturated heterocycles. The van der Waals surface area contributed by atoms with Crippen LogP contribution in [0.25, 0.3) is 0 Å². The maximum absolute atomic E-state index is 9.13. The highest BCUT2D eigenvalue weighted by atomic mass is 35.5. The van der Waals surface area contributed by atoms with Crippen molar-refractivity contribution in [2.24, 2.45) is 0 Å². The molecule has 2 nitrogen and oxygen atoms in total. The molecule has 0 fully saturated rings. The largest absolute Gasteiger partial charge is 0.506 e. The summed E-state index contributed by atoms with van der Waals surface area (Å²) in [5.74, 6) is 0.577. The van der Waals surface area contributed by atoms with Gasteiger partial charge >= 0.3 is 0 Å². The summed E-state index contributed by atoms with van der Waals surface area (Å²) in [6, 6.07) is 0.268. The van der Waals surface area contributed by atoms with Crippen LogP contribution in [0.15, 0.2) is 23.6 Å². The minimum atomic E-state index is 0.244. The normalized spacial score (nSPS) is 24.8. The van der Waals surface area contributed by atoms with Crippen LogP contribution in [0.4, 0.5) is 0 Å². The molecular weight excluding hydrogens is 150 g/mol. The summed E-state index contributed by atoms with van der Waals surface area (Å²) in [7, 11) is 0. The smallest absolute Gasteiger partial charge is 0.135 e. The molecule has 1 atom stereocenters. The van der Waals surface area contributed by atoms with E-state index in [9.17, 15) is 0 Å². The van der Waals surface area contributed by atoms with Crippen molar-refractivity contribution in [3.63, 3.8) is 0 Å². The highest BCUT2D eigenvalue weighted by molar-refractivity contribution is 6.19. The van der Waals surface area contributed by atoms with Gasteiger partial charge in [0, 0.05) is 6.04 Å². The Hall–Kier alpha value is -0.630. The van der Waals surface area contributed by atoms with Crippen LogP contribution in [-0.4, -0.2) is 17.0 Å². The van der Waals surface area contributed by atoms with Crippen LogP contribution < -0.4 is 5.32 Å². The van der Waals surface area contributed by atoms with Gasteiger partial charge in [-0.05, 0) is 13.0 Å². The van der Waals surface area contributed by atoms with E-state index in [1.54, 1.807) is 6.08 Å². The molecule has 0 spiro atoms. The highest BCUT2D eigenvalue weighted by Gasteiger charge is 2.08. The molecular formula is C7H10ClNO. The topological polar surface area (TPSA) is 32.3 Å². The van der Waals surface area contributed by atoms with Crippen molar-refractivity contribution in [3.05, 3.63) is 23.6 Å². The van der Waals surface area contributed by atoms with E-state index >= 15 is 0 Å². The Morgan fingerprint density at radius 1 is 1.80 bits per heavy atom. The van der Waals surface area contributed by atoms with Crippen molar-refractivity contribution >= 4 is 11.6 Å². The van der Waals surface area contributed by atoms with E-state index < -0.39 is 0 Å². The number of aliphatic hydroxyl groups excluding tert-OH is 1. The number of hydrogen-bond donors (Lipinski definition) is 2. The lowest BCUT2D eigenvalue weighted by atomic mass is 10.2. The Kier molecular flexibility index (Phi) is 2.22. The third kappa shape index (κ3) is 1.45. The zero-order chi connectivity index (χ0) is 7.56. The Balaban J connectivity index is 2.74. The number of nitrogens with one attached hydrogen (secondary N) is 1. The van der Waals surface area contributed by atoms with Gasteiger partial charge in [-0.25, -0.2) is 0 Å². The van der Waals surface area contributed by atoms with E-state index in [0.717, 1.165) is 0 Å². The number of allylic oxidation sites excluding steroid dienone is 2.